The molecule has 0 saturated carbocycles. The Bertz CT molecular complexity index is 526. The first-order chi connectivity index (χ1) is 16.3. The largest absolute Gasteiger partial charge is 0.464 e. The van der Waals surface area contributed by atoms with E-state index in [0.29, 0.717) is 13.2 Å². The number of hydrogen-bond donors (Lipinski definition) is 0. The molecule has 8 nitrogen and oxygen atoms in total. The molecule has 0 amide bonds. The number of rotatable bonds is 12. The van der Waals surface area contributed by atoms with Crippen molar-refractivity contribution in [3.05, 3.63) is 0 Å². The predicted molar refractivity (Wildman–Crippen MR) is 152 cm³/mol. The van der Waals surface area contributed by atoms with Gasteiger partial charge in [0.1, 0.15) is 13.2 Å². The van der Waals surface area contributed by atoms with Crippen LogP contribution in [0.2, 0.25) is 0 Å². The maximum Gasteiger partial charge on any atom is 0.302 e. The third-order valence-corrected chi connectivity index (χ3v) is 5.88. The van der Waals surface area contributed by atoms with E-state index in [1.165, 1.54) is 13.8 Å². The Morgan fingerprint density at radius 2 is 0.722 bits per heavy atom. The van der Waals surface area contributed by atoms with Crippen molar-refractivity contribution in [2.24, 2.45) is 0 Å². The Hall–Kier alpha value is -1.22. The monoisotopic (exact) mass is 522 g/mol. The van der Waals surface area contributed by atoms with Gasteiger partial charge in [-0.25, -0.2) is 0 Å². The van der Waals surface area contributed by atoms with Crippen LogP contribution >= 0.6 is 0 Å². The summed E-state index contributed by atoms with van der Waals surface area (Å²) in [5.74, 6) is -0.594. The molecule has 0 fully saturated rings. The Morgan fingerprint density at radius 1 is 0.528 bits per heavy atom. The van der Waals surface area contributed by atoms with E-state index in [-0.39, 0.29) is 34.1 Å². The molecule has 0 N–H and O–H groups in total. The van der Waals surface area contributed by atoms with Crippen LogP contribution in [-0.2, 0) is 28.5 Å². The summed E-state index contributed by atoms with van der Waals surface area (Å²) in [4.78, 5) is 26.1. The Labute approximate surface area is 224 Å². The highest BCUT2D eigenvalue weighted by molar-refractivity contribution is 5.66. The Morgan fingerprint density at radius 3 is 0.889 bits per heavy atom. The average molecular weight is 523 g/mol. The molecule has 8 heteroatoms. The summed E-state index contributed by atoms with van der Waals surface area (Å²) in [7, 11) is 7.50. The van der Waals surface area contributed by atoms with Crippen molar-refractivity contribution >= 4 is 11.9 Å². The predicted octanol–water partition coefficient (Wildman–Crippen LogP) is 5.42. The average Bonchev–Trinajstić information content (AvgIpc) is 2.78. The highest BCUT2D eigenvalue weighted by atomic mass is 16.5. The van der Waals surface area contributed by atoms with Crippen molar-refractivity contribution in [3.8, 4) is 0 Å². The molecule has 36 heavy (non-hydrogen) atoms. The van der Waals surface area contributed by atoms with Crippen LogP contribution in [-0.4, -0.2) is 98.6 Å². The normalized spacial score (nSPS) is 11.9. The van der Waals surface area contributed by atoms with Crippen molar-refractivity contribution in [3.63, 3.8) is 0 Å². The molecule has 0 aromatic heterocycles. The van der Waals surface area contributed by atoms with Gasteiger partial charge in [-0.1, -0.05) is 27.7 Å². The second-order valence-corrected chi connectivity index (χ2v) is 10.8. The van der Waals surface area contributed by atoms with Gasteiger partial charge in [-0.05, 0) is 69.5 Å². The molecule has 0 bridgehead atoms. The number of methoxy groups -OCH3 is 2. The Balaban J connectivity index is -0.000000255. The van der Waals surface area contributed by atoms with Crippen LogP contribution < -0.4 is 0 Å². The van der Waals surface area contributed by atoms with Crippen LogP contribution in [0.4, 0.5) is 0 Å². The van der Waals surface area contributed by atoms with Gasteiger partial charge in [-0.15, -0.1) is 0 Å². The van der Waals surface area contributed by atoms with E-state index in [2.05, 4.69) is 39.6 Å². The minimum atomic E-state index is -0.338. The van der Waals surface area contributed by atoms with Crippen LogP contribution in [0.5, 0.6) is 0 Å². The van der Waals surface area contributed by atoms with Gasteiger partial charge in [-0.2, -0.15) is 0 Å². The van der Waals surface area contributed by atoms with Crippen molar-refractivity contribution in [1.82, 2.24) is 9.80 Å². The zero-order chi connectivity index (χ0) is 30.0. The number of esters is 2. The molecular formula is C28H62N2O6. The summed E-state index contributed by atoms with van der Waals surface area (Å²) < 4.78 is 20.6. The number of likely N-dealkylation sites (N-methyl/N-ethyl adjacent to an activating group) is 2. The summed E-state index contributed by atoms with van der Waals surface area (Å²) >= 11 is 0. The summed E-state index contributed by atoms with van der Waals surface area (Å²) in [6.45, 7) is 29.4. The van der Waals surface area contributed by atoms with Gasteiger partial charge in [-0.3, -0.25) is 19.4 Å². The molecule has 0 aromatic carbocycles. The molecule has 220 valence electrons. The van der Waals surface area contributed by atoms with Gasteiger partial charge in [0.05, 0.1) is 13.2 Å². The van der Waals surface area contributed by atoms with Crippen LogP contribution in [0.3, 0.4) is 0 Å². The quantitative estimate of drug-likeness (QED) is 0.314. The molecule has 0 spiro atoms. The van der Waals surface area contributed by atoms with E-state index >= 15 is 0 Å². The highest BCUT2D eigenvalue weighted by Crippen LogP contribution is 2.25. The molecule has 0 aliphatic heterocycles. The van der Waals surface area contributed by atoms with Crippen LogP contribution in [0, 0.1) is 0 Å². The van der Waals surface area contributed by atoms with E-state index in [1.54, 1.807) is 14.2 Å². The van der Waals surface area contributed by atoms with Crippen molar-refractivity contribution < 1.29 is 28.5 Å². The van der Waals surface area contributed by atoms with E-state index in [0.717, 1.165) is 13.2 Å². The first-order valence-electron chi connectivity index (χ1n) is 13.0. The number of carbonyl (C=O) groups is 2. The van der Waals surface area contributed by atoms with Crippen LogP contribution in [0.1, 0.15) is 96.9 Å². The maximum atomic E-state index is 10.9. The van der Waals surface area contributed by atoms with Crippen LogP contribution in [0.15, 0.2) is 0 Å². The number of ether oxygens (including phenoxy) is 4. The number of hydrogen-bond acceptors (Lipinski definition) is 8. The van der Waals surface area contributed by atoms with Gasteiger partial charge in [0.2, 0.25) is 0 Å². The lowest BCUT2D eigenvalue weighted by molar-refractivity contribution is -0.150. The molecule has 0 radical (unpaired) electrons. The third-order valence-electron chi connectivity index (χ3n) is 5.88. The van der Waals surface area contributed by atoms with Gasteiger partial charge in [0.25, 0.3) is 0 Å². The lowest BCUT2D eigenvalue weighted by Crippen LogP contribution is -2.57. The van der Waals surface area contributed by atoms with E-state index in [4.69, 9.17) is 18.9 Å². The lowest BCUT2D eigenvalue weighted by Gasteiger charge is -2.45. The molecule has 0 aliphatic rings. The third kappa shape index (κ3) is 18.1. The number of carbonyl (C=O) groups excluding carboxylic acids is 2. The minimum Gasteiger partial charge on any atom is -0.464 e. The summed E-state index contributed by atoms with van der Waals surface area (Å²) in [5.41, 5.74) is -0.627. The first kappa shape index (κ1) is 41.9. The molecule has 0 aliphatic carbocycles. The highest BCUT2D eigenvalue weighted by Gasteiger charge is 2.37. The maximum absolute atomic E-state index is 10.9. The summed E-state index contributed by atoms with van der Waals surface area (Å²) in [5, 5.41) is 0. The van der Waals surface area contributed by atoms with Gasteiger partial charge < -0.3 is 18.9 Å². The molecular weight excluding hydrogens is 460 g/mol. The molecule has 0 saturated heterocycles. The van der Waals surface area contributed by atoms with Crippen LogP contribution in [0.25, 0.3) is 0 Å². The minimum absolute atomic E-state index is 0.0246. The molecule has 0 rings (SSSR count). The molecule has 0 heterocycles. The fourth-order valence-corrected chi connectivity index (χ4v) is 3.29. The standard InChI is InChI=1S/C13H25NO4.C11H25NO2.2C2H6/c1-10(15)17-8-12(3,4)14(7)13(5,6)9-18-11(2)16;1-10(2,8-13-6)12(5)11(3,4)9-14-7;2*1-2/h8-9H2,1-7H3;8-9H2,1-7H3;2*1-2H3. The SMILES string of the molecule is CC.CC.CC(=O)OCC(C)(C)N(C)C(C)(C)COC(C)=O.COCC(C)(C)N(C)C(C)(C)COC. The summed E-state index contributed by atoms with van der Waals surface area (Å²) in [6.07, 6.45) is 0. The van der Waals surface area contributed by atoms with Crippen molar-refractivity contribution in [2.45, 2.75) is 119 Å². The molecule has 0 unspecified atom stereocenters. The fourth-order valence-electron chi connectivity index (χ4n) is 3.29. The zero-order valence-electron chi connectivity index (χ0n) is 27.2. The topological polar surface area (TPSA) is 77.5 Å². The zero-order valence-corrected chi connectivity index (χ0v) is 27.2. The van der Waals surface area contributed by atoms with Crippen molar-refractivity contribution in [2.75, 3.05) is 54.7 Å². The Kier molecular flexibility index (Phi) is 23.1. The number of nitrogens with zero attached hydrogens (tertiary/aromatic N) is 2. The first-order valence-corrected chi connectivity index (χ1v) is 13.0. The second-order valence-electron chi connectivity index (χ2n) is 10.8. The van der Waals surface area contributed by atoms with Crippen molar-refractivity contribution in [1.29, 1.82) is 0 Å². The van der Waals surface area contributed by atoms with Gasteiger partial charge >= 0.3 is 11.9 Å². The molecule has 0 atom stereocenters. The van der Waals surface area contributed by atoms with E-state index in [9.17, 15) is 9.59 Å². The lowest BCUT2D eigenvalue weighted by atomic mass is 9.95. The summed E-state index contributed by atoms with van der Waals surface area (Å²) in [6, 6.07) is 0. The van der Waals surface area contributed by atoms with E-state index < -0.39 is 0 Å². The smallest absolute Gasteiger partial charge is 0.302 e. The van der Waals surface area contributed by atoms with Gasteiger partial charge in [0, 0.05) is 50.2 Å². The molecule has 0 aromatic rings. The fraction of sp³-hybridized carbons (Fsp3) is 0.929. The second kappa shape index (κ2) is 19.8. The van der Waals surface area contributed by atoms with E-state index in [1.807, 2.05) is 67.3 Å². The van der Waals surface area contributed by atoms with Gasteiger partial charge in [0.15, 0.2) is 0 Å².